The number of ether oxygens (including phenoxy) is 1. The van der Waals surface area contributed by atoms with Gasteiger partial charge in [0.15, 0.2) is 17.3 Å². The number of fused-ring (bicyclic) bond motifs is 4. The Bertz CT molecular complexity index is 2210. The Kier molecular flexibility index (Phi) is 7.06. The Morgan fingerprint density at radius 2 is 1.32 bits per heavy atom. The van der Waals surface area contributed by atoms with E-state index in [0.717, 1.165) is 63.9 Å². The molecule has 2 heterocycles. The molecule has 0 amide bonds. The molecular weight excluding hydrogens is 574 g/mol. The molecule has 0 N–H and O–H groups in total. The van der Waals surface area contributed by atoms with Crippen molar-refractivity contribution in [2.24, 2.45) is 0 Å². The van der Waals surface area contributed by atoms with Gasteiger partial charge in [-0.1, -0.05) is 90.0 Å². The first-order chi connectivity index (χ1) is 22.9. The molecule has 2 aliphatic rings. The minimum atomic E-state index is 0.740. The number of aromatic nitrogens is 2. The second-order valence-corrected chi connectivity index (χ2v) is 12.7. The average molecular weight is 610 g/mol. The zero-order valence-electron chi connectivity index (χ0n) is 26.9. The predicted molar refractivity (Wildman–Crippen MR) is 193 cm³/mol. The Hall–Kier alpha value is -5.74. The third-order valence-corrected chi connectivity index (χ3v) is 9.23. The highest BCUT2D eigenvalue weighted by Crippen LogP contribution is 2.48. The van der Waals surface area contributed by atoms with Gasteiger partial charge < -0.3 is 9.64 Å². The molecule has 0 atom stereocenters. The van der Waals surface area contributed by atoms with Crippen molar-refractivity contribution < 1.29 is 4.74 Å². The quantitative estimate of drug-likeness (QED) is 0.182. The topological polar surface area (TPSA) is 38.2 Å². The van der Waals surface area contributed by atoms with Crippen molar-refractivity contribution in [2.75, 3.05) is 4.90 Å². The highest BCUT2D eigenvalue weighted by atomic mass is 16.5. The van der Waals surface area contributed by atoms with Crippen LogP contribution in [0.15, 0.2) is 145 Å². The Morgan fingerprint density at radius 1 is 0.681 bits per heavy atom. The van der Waals surface area contributed by atoms with E-state index in [0.29, 0.717) is 0 Å². The van der Waals surface area contributed by atoms with E-state index in [2.05, 4.69) is 111 Å². The summed E-state index contributed by atoms with van der Waals surface area (Å²) in [7, 11) is 0. The molecule has 1 aliphatic carbocycles. The van der Waals surface area contributed by atoms with E-state index in [1.807, 2.05) is 42.7 Å². The van der Waals surface area contributed by atoms with E-state index >= 15 is 0 Å². The van der Waals surface area contributed by atoms with E-state index in [1.165, 1.54) is 44.2 Å². The smallest absolute Gasteiger partial charge is 0.159 e. The zero-order valence-corrected chi connectivity index (χ0v) is 26.9. The van der Waals surface area contributed by atoms with Gasteiger partial charge in [-0.3, -0.25) is 0 Å². The van der Waals surface area contributed by atoms with Crippen LogP contribution in [0.2, 0.25) is 0 Å². The van der Waals surface area contributed by atoms with Gasteiger partial charge in [0.05, 0.1) is 11.4 Å². The van der Waals surface area contributed by atoms with Crippen LogP contribution < -0.4 is 9.64 Å². The lowest BCUT2D eigenvalue weighted by atomic mass is 9.84. The van der Waals surface area contributed by atoms with E-state index < -0.39 is 0 Å². The van der Waals surface area contributed by atoms with Crippen LogP contribution in [0.4, 0.5) is 11.4 Å². The normalized spacial score (nSPS) is 13.9. The average Bonchev–Trinajstić information content (AvgIpc) is 3.08. The number of anilines is 2. The minimum Gasteiger partial charge on any atom is -0.453 e. The summed E-state index contributed by atoms with van der Waals surface area (Å²) in [5, 5.41) is 2.44. The molecule has 0 radical (unpaired) electrons. The second-order valence-electron chi connectivity index (χ2n) is 12.7. The lowest BCUT2D eigenvalue weighted by Gasteiger charge is -2.33. The fourth-order valence-corrected chi connectivity index (χ4v) is 6.93. The Morgan fingerprint density at radius 3 is 2.00 bits per heavy atom. The first kappa shape index (κ1) is 28.7. The maximum absolute atomic E-state index is 6.25. The van der Waals surface area contributed by atoms with Gasteiger partial charge in [-0.2, -0.15) is 0 Å². The number of rotatable bonds is 5. The van der Waals surface area contributed by atoms with Crippen molar-refractivity contribution in [1.82, 2.24) is 9.97 Å². The highest BCUT2D eigenvalue weighted by molar-refractivity contribution is 5.88. The number of para-hydroxylation sites is 4. The largest absolute Gasteiger partial charge is 0.453 e. The SMILES string of the molecule is C=C/C(=C\C1=C(C)Cc2cc3cc(-c4ncc(-c5cc(C)cc(C)c5)cn4)ccc3cc2C1)N1c2ccccc2Oc2ccccc21. The van der Waals surface area contributed by atoms with Crippen molar-refractivity contribution in [2.45, 2.75) is 33.6 Å². The van der Waals surface area contributed by atoms with Crippen molar-refractivity contribution in [1.29, 1.82) is 0 Å². The molecule has 4 nitrogen and oxygen atoms in total. The summed E-state index contributed by atoms with van der Waals surface area (Å²) in [5.74, 6) is 2.42. The van der Waals surface area contributed by atoms with Gasteiger partial charge in [0.1, 0.15) is 0 Å². The number of nitrogens with zero attached hydrogens (tertiary/aromatic N) is 3. The zero-order chi connectivity index (χ0) is 32.1. The van der Waals surface area contributed by atoms with Gasteiger partial charge in [-0.15, -0.1) is 0 Å². The Balaban J connectivity index is 1.10. The van der Waals surface area contributed by atoms with Crippen LogP contribution in [-0.4, -0.2) is 9.97 Å². The number of hydrogen-bond donors (Lipinski definition) is 0. The van der Waals surface area contributed by atoms with Crippen molar-refractivity contribution in [3.63, 3.8) is 0 Å². The first-order valence-corrected chi connectivity index (χ1v) is 16.1. The monoisotopic (exact) mass is 609 g/mol. The standard InChI is InChI=1S/C43H35N3O/c1-5-38(46-39-10-6-8-12-41(39)47-42-13-9-7-11-40(42)46)24-32-22-36-20-30-14-15-31(21-35(30)23-34(36)19-29(32)4)43-44-25-37(26-45-43)33-17-27(2)16-28(3)18-33/h5-18,20-21,23-26H,1,19,22H2,2-4H3/b38-24+. The molecule has 6 aromatic rings. The lowest BCUT2D eigenvalue weighted by molar-refractivity contribution is 0.476. The number of allylic oxidation sites excluding steroid dienone is 4. The summed E-state index contributed by atoms with van der Waals surface area (Å²) >= 11 is 0. The van der Waals surface area contributed by atoms with Crippen LogP contribution in [0.3, 0.4) is 0 Å². The van der Waals surface area contributed by atoms with Gasteiger partial charge >= 0.3 is 0 Å². The van der Waals surface area contributed by atoms with Crippen molar-refractivity contribution in [3.05, 3.63) is 167 Å². The molecule has 4 heteroatoms. The first-order valence-electron chi connectivity index (χ1n) is 16.1. The fourth-order valence-electron chi connectivity index (χ4n) is 6.93. The van der Waals surface area contributed by atoms with E-state index in [-0.39, 0.29) is 0 Å². The molecule has 0 fully saturated rings. The molecule has 0 saturated carbocycles. The lowest BCUT2D eigenvalue weighted by Crippen LogP contribution is -2.20. The van der Waals surface area contributed by atoms with Gasteiger partial charge in [0, 0.05) is 29.2 Å². The molecule has 0 unspecified atom stereocenters. The third kappa shape index (κ3) is 5.32. The molecule has 228 valence electrons. The molecule has 1 aliphatic heterocycles. The van der Waals surface area contributed by atoms with Gasteiger partial charge in [0.2, 0.25) is 0 Å². The number of benzene rings is 5. The molecule has 0 bridgehead atoms. The summed E-state index contributed by atoms with van der Waals surface area (Å²) in [4.78, 5) is 11.8. The summed E-state index contributed by atoms with van der Waals surface area (Å²) in [6, 6.07) is 34.2. The van der Waals surface area contributed by atoms with E-state index in [9.17, 15) is 0 Å². The van der Waals surface area contributed by atoms with E-state index in [4.69, 9.17) is 14.7 Å². The van der Waals surface area contributed by atoms with Crippen molar-refractivity contribution >= 4 is 22.1 Å². The molecule has 5 aromatic carbocycles. The fraction of sp³-hybridized carbons (Fsp3) is 0.116. The van der Waals surface area contributed by atoms with Crippen LogP contribution in [0.5, 0.6) is 11.5 Å². The Labute approximate surface area is 276 Å². The second kappa shape index (κ2) is 11.6. The maximum atomic E-state index is 6.25. The van der Waals surface area contributed by atoms with E-state index in [1.54, 1.807) is 0 Å². The van der Waals surface area contributed by atoms with Gasteiger partial charge in [-0.25, -0.2) is 9.97 Å². The maximum Gasteiger partial charge on any atom is 0.159 e. The van der Waals surface area contributed by atoms with Crippen LogP contribution in [-0.2, 0) is 12.8 Å². The third-order valence-electron chi connectivity index (χ3n) is 9.23. The predicted octanol–water partition coefficient (Wildman–Crippen LogP) is 11.0. The van der Waals surface area contributed by atoms with Crippen molar-refractivity contribution in [3.8, 4) is 34.0 Å². The molecular formula is C43H35N3O. The summed E-state index contributed by atoms with van der Waals surface area (Å²) < 4.78 is 6.25. The number of aryl methyl sites for hydroxylation is 2. The molecule has 1 aromatic heterocycles. The van der Waals surface area contributed by atoms with Crippen LogP contribution in [0, 0.1) is 13.8 Å². The molecule has 0 saturated heterocycles. The summed E-state index contributed by atoms with van der Waals surface area (Å²) in [6.07, 6.45) is 9.89. The molecule has 0 spiro atoms. The van der Waals surface area contributed by atoms with Crippen LogP contribution in [0.25, 0.3) is 33.3 Å². The number of hydrogen-bond acceptors (Lipinski definition) is 4. The van der Waals surface area contributed by atoms with Gasteiger partial charge in [-0.05, 0) is 109 Å². The molecule has 8 rings (SSSR count). The van der Waals surface area contributed by atoms with Crippen LogP contribution >= 0.6 is 0 Å². The highest BCUT2D eigenvalue weighted by Gasteiger charge is 2.26. The summed E-state index contributed by atoms with van der Waals surface area (Å²) in [6.45, 7) is 10.7. The summed E-state index contributed by atoms with van der Waals surface area (Å²) in [5.41, 5.74) is 14.2. The van der Waals surface area contributed by atoms with Gasteiger partial charge in [0.25, 0.3) is 0 Å². The minimum absolute atomic E-state index is 0.740. The molecule has 47 heavy (non-hydrogen) atoms. The van der Waals surface area contributed by atoms with Crippen LogP contribution in [0.1, 0.15) is 29.2 Å².